The van der Waals surface area contributed by atoms with E-state index in [0.29, 0.717) is 0 Å². The zero-order chi connectivity index (χ0) is 5.82. The molecule has 0 radical (unpaired) electrons. The van der Waals surface area contributed by atoms with Crippen LogP contribution in [-0.4, -0.2) is 31.1 Å². The lowest BCUT2D eigenvalue weighted by Gasteiger charge is -2.11. The van der Waals surface area contributed by atoms with Crippen molar-refractivity contribution in [3.8, 4) is 0 Å². The second-order valence-corrected chi connectivity index (χ2v) is 2.34. The Hall–Kier alpha value is 0.790. The van der Waals surface area contributed by atoms with Crippen molar-refractivity contribution in [2.45, 2.75) is 12.8 Å². The van der Waals surface area contributed by atoms with Gasteiger partial charge in [0.05, 0.1) is 0 Å². The summed E-state index contributed by atoms with van der Waals surface area (Å²) < 4.78 is 0. The molecule has 0 atom stereocenters. The molecule has 2 nitrogen and oxygen atoms in total. The van der Waals surface area contributed by atoms with Gasteiger partial charge in [-0.3, -0.25) is 0 Å². The van der Waals surface area contributed by atoms with Gasteiger partial charge in [-0.1, -0.05) is 0 Å². The Balaban J connectivity index is -0.000000213. The zero-order valence-electron chi connectivity index (χ0n) is 6.49. The molecule has 0 unspecified atom stereocenters. The number of hydrogen-bond donors (Lipinski definition) is 1. The summed E-state index contributed by atoms with van der Waals surface area (Å²) in [5.74, 6) is 0. The van der Waals surface area contributed by atoms with Crippen molar-refractivity contribution in [2.75, 3.05) is 26.2 Å². The highest BCUT2D eigenvalue weighted by atomic mass is 35.5. The third kappa shape index (κ3) is 7.16. The molecule has 0 aliphatic carbocycles. The molecule has 1 aliphatic heterocycles. The molecule has 0 amide bonds. The highest BCUT2D eigenvalue weighted by Gasteiger charge is 2.08. The van der Waals surface area contributed by atoms with Crippen LogP contribution in [0.4, 0.5) is 0 Å². The minimum atomic E-state index is 0. The Morgan fingerprint density at radius 2 is 1.45 bits per heavy atom. The quantitative estimate of drug-likeness (QED) is 0.765. The van der Waals surface area contributed by atoms with Crippen molar-refractivity contribution in [3.05, 3.63) is 0 Å². The lowest BCUT2D eigenvalue weighted by Crippen LogP contribution is -2.26. The van der Waals surface area contributed by atoms with Crippen molar-refractivity contribution in [1.29, 1.82) is 0 Å². The average molecular weight is 224 g/mol. The van der Waals surface area contributed by atoms with Gasteiger partial charge in [0.2, 0.25) is 0 Å². The van der Waals surface area contributed by atoms with Crippen LogP contribution in [0, 0.1) is 0 Å². The summed E-state index contributed by atoms with van der Waals surface area (Å²) in [4.78, 5) is 2.42. The average Bonchev–Trinajstić information content (AvgIpc) is 2.19. The van der Waals surface area contributed by atoms with Crippen molar-refractivity contribution in [2.24, 2.45) is 5.73 Å². The Kier molecular flexibility index (Phi) is 17.4. The summed E-state index contributed by atoms with van der Waals surface area (Å²) in [7, 11) is 0. The molecule has 2 N–H and O–H groups in total. The van der Waals surface area contributed by atoms with Crippen LogP contribution in [0.2, 0.25) is 0 Å². The van der Waals surface area contributed by atoms with Crippen molar-refractivity contribution in [1.82, 2.24) is 4.90 Å². The van der Waals surface area contributed by atoms with Crippen LogP contribution in [0.5, 0.6) is 0 Å². The van der Waals surface area contributed by atoms with Gasteiger partial charge in [-0.05, 0) is 25.9 Å². The summed E-state index contributed by atoms with van der Waals surface area (Å²) >= 11 is 0. The first-order valence-corrected chi connectivity index (χ1v) is 3.36. The van der Waals surface area contributed by atoms with E-state index in [4.69, 9.17) is 5.73 Å². The fourth-order valence-corrected chi connectivity index (χ4v) is 1.19. The Morgan fingerprint density at radius 3 is 1.82 bits per heavy atom. The van der Waals surface area contributed by atoms with Crippen LogP contribution < -0.4 is 5.73 Å². The summed E-state index contributed by atoms with van der Waals surface area (Å²) in [5, 5.41) is 0. The van der Waals surface area contributed by atoms with Crippen LogP contribution in [0.15, 0.2) is 0 Å². The first kappa shape index (κ1) is 17.8. The first-order chi connectivity index (χ1) is 3.93. The summed E-state index contributed by atoms with van der Waals surface area (Å²) in [6, 6.07) is 0. The second-order valence-electron chi connectivity index (χ2n) is 2.34. The van der Waals surface area contributed by atoms with E-state index < -0.39 is 0 Å². The molecule has 1 heterocycles. The molecule has 5 heteroatoms. The van der Waals surface area contributed by atoms with Crippen LogP contribution >= 0.6 is 37.2 Å². The topological polar surface area (TPSA) is 29.3 Å². The summed E-state index contributed by atoms with van der Waals surface area (Å²) in [6.07, 6.45) is 2.75. The number of nitrogens with zero attached hydrogens (tertiary/aromatic N) is 1. The second kappa shape index (κ2) is 10.8. The molecule has 0 bridgehead atoms. The minimum absolute atomic E-state index is 0. The third-order valence-corrected chi connectivity index (χ3v) is 1.64. The van der Waals surface area contributed by atoms with Gasteiger partial charge >= 0.3 is 0 Å². The molecule has 11 heavy (non-hydrogen) atoms. The third-order valence-electron chi connectivity index (χ3n) is 1.64. The molecule has 0 saturated carbocycles. The highest BCUT2D eigenvalue weighted by Crippen LogP contribution is 2.04. The Labute approximate surface area is 87.1 Å². The number of halogens is 3. The monoisotopic (exact) mass is 222 g/mol. The molecular formula is C6H17Cl3N2. The van der Waals surface area contributed by atoms with E-state index in [2.05, 4.69) is 4.90 Å². The lowest BCUT2D eigenvalue weighted by atomic mass is 10.4. The molecule has 0 spiro atoms. The minimum Gasteiger partial charge on any atom is -0.329 e. The molecule has 0 aromatic heterocycles. The molecular weight excluding hydrogens is 206 g/mol. The molecule has 1 saturated heterocycles. The fourth-order valence-electron chi connectivity index (χ4n) is 1.19. The lowest BCUT2D eigenvalue weighted by molar-refractivity contribution is 0.349. The maximum Gasteiger partial charge on any atom is 0.0105 e. The van der Waals surface area contributed by atoms with Gasteiger partial charge in [-0.2, -0.15) is 0 Å². The van der Waals surface area contributed by atoms with Gasteiger partial charge < -0.3 is 10.6 Å². The van der Waals surface area contributed by atoms with E-state index in [0.717, 1.165) is 13.1 Å². The fraction of sp³-hybridized carbons (Fsp3) is 1.00. The van der Waals surface area contributed by atoms with Gasteiger partial charge in [0, 0.05) is 13.1 Å². The van der Waals surface area contributed by atoms with E-state index in [1.54, 1.807) is 0 Å². The van der Waals surface area contributed by atoms with E-state index in [9.17, 15) is 0 Å². The van der Waals surface area contributed by atoms with Crippen LogP contribution in [0.1, 0.15) is 12.8 Å². The zero-order valence-corrected chi connectivity index (χ0v) is 8.94. The SMILES string of the molecule is Cl.Cl.Cl.NCCN1CCCC1. The Morgan fingerprint density at radius 1 is 1.00 bits per heavy atom. The predicted octanol–water partition coefficient (Wildman–Crippen LogP) is 1.31. The van der Waals surface area contributed by atoms with Gasteiger partial charge in [0.15, 0.2) is 0 Å². The van der Waals surface area contributed by atoms with Crippen molar-refractivity contribution >= 4 is 37.2 Å². The van der Waals surface area contributed by atoms with Crippen LogP contribution in [-0.2, 0) is 0 Å². The van der Waals surface area contributed by atoms with Crippen LogP contribution in [0.25, 0.3) is 0 Å². The molecule has 0 aromatic carbocycles. The van der Waals surface area contributed by atoms with Gasteiger partial charge in [-0.25, -0.2) is 0 Å². The first-order valence-electron chi connectivity index (χ1n) is 3.36. The summed E-state index contributed by atoms with van der Waals surface area (Å²) in [6.45, 7) is 4.47. The molecule has 1 rings (SSSR count). The van der Waals surface area contributed by atoms with Gasteiger partial charge in [-0.15, -0.1) is 37.2 Å². The van der Waals surface area contributed by atoms with E-state index in [1.807, 2.05) is 0 Å². The molecule has 1 aliphatic rings. The van der Waals surface area contributed by atoms with Gasteiger partial charge in [0.25, 0.3) is 0 Å². The maximum atomic E-state index is 5.37. The predicted molar refractivity (Wildman–Crippen MR) is 56.5 cm³/mol. The van der Waals surface area contributed by atoms with E-state index in [-0.39, 0.29) is 37.2 Å². The number of rotatable bonds is 2. The Bertz CT molecular complexity index is 66.8. The van der Waals surface area contributed by atoms with Gasteiger partial charge in [0.1, 0.15) is 0 Å². The largest absolute Gasteiger partial charge is 0.329 e. The number of likely N-dealkylation sites (tertiary alicyclic amines) is 1. The summed E-state index contributed by atoms with van der Waals surface area (Å²) in [5.41, 5.74) is 5.37. The molecule has 0 aromatic rings. The highest BCUT2D eigenvalue weighted by molar-refractivity contribution is 5.86. The normalized spacial score (nSPS) is 16.1. The van der Waals surface area contributed by atoms with Crippen molar-refractivity contribution < 1.29 is 0 Å². The number of nitrogens with two attached hydrogens (primary N) is 1. The number of hydrogen-bond acceptors (Lipinski definition) is 2. The van der Waals surface area contributed by atoms with Crippen LogP contribution in [0.3, 0.4) is 0 Å². The van der Waals surface area contributed by atoms with E-state index >= 15 is 0 Å². The van der Waals surface area contributed by atoms with E-state index in [1.165, 1.54) is 25.9 Å². The maximum absolute atomic E-state index is 5.37. The molecule has 72 valence electrons. The standard InChI is InChI=1S/C6H14N2.3ClH/c7-3-6-8-4-1-2-5-8;;;/h1-7H2;3*1H. The smallest absolute Gasteiger partial charge is 0.0105 e. The van der Waals surface area contributed by atoms with Crippen molar-refractivity contribution in [3.63, 3.8) is 0 Å². The molecule has 1 fully saturated rings.